The SMILES string of the molecule is CC(C)=CCNCC(=O)Nc1ccc2c(c1O)C(=O)C1=C(O)C3(O)C(=O)CC(O)CC3C(O)C1C2(C)C(N)=O. The molecule has 0 radical (unpaired) electrons. The van der Waals surface area contributed by atoms with Crippen LogP contribution in [0.5, 0.6) is 5.75 Å². The zero-order chi connectivity index (χ0) is 29.0. The molecule has 6 unspecified atom stereocenters. The largest absolute Gasteiger partial charge is 0.508 e. The van der Waals surface area contributed by atoms with E-state index >= 15 is 0 Å². The van der Waals surface area contributed by atoms with E-state index in [0.717, 1.165) is 5.57 Å². The van der Waals surface area contributed by atoms with Gasteiger partial charge in [0.15, 0.2) is 22.9 Å². The third kappa shape index (κ3) is 4.24. The van der Waals surface area contributed by atoms with E-state index in [0.29, 0.717) is 6.54 Å². The first-order chi connectivity index (χ1) is 18.2. The first kappa shape index (κ1) is 28.4. The Balaban J connectivity index is 1.83. The fourth-order valence-electron chi connectivity index (χ4n) is 6.05. The van der Waals surface area contributed by atoms with Crippen LogP contribution in [0.25, 0.3) is 0 Å². The van der Waals surface area contributed by atoms with E-state index in [1.165, 1.54) is 19.1 Å². The molecular formula is C27H33N3O9. The molecule has 12 nitrogen and oxygen atoms in total. The Morgan fingerprint density at radius 2 is 1.85 bits per heavy atom. The molecule has 39 heavy (non-hydrogen) atoms. The van der Waals surface area contributed by atoms with E-state index in [1.54, 1.807) is 0 Å². The number of aliphatic hydroxyl groups is 4. The summed E-state index contributed by atoms with van der Waals surface area (Å²) in [6, 6.07) is 2.59. The number of amides is 2. The molecule has 210 valence electrons. The summed E-state index contributed by atoms with van der Waals surface area (Å²) < 4.78 is 0. The minimum atomic E-state index is -2.69. The Hall–Kier alpha value is -3.58. The van der Waals surface area contributed by atoms with E-state index in [-0.39, 0.29) is 24.2 Å². The highest BCUT2D eigenvalue weighted by Gasteiger charge is 2.66. The van der Waals surface area contributed by atoms with Crippen LogP contribution in [0.15, 0.2) is 35.1 Å². The van der Waals surface area contributed by atoms with Crippen LogP contribution in [0.2, 0.25) is 0 Å². The molecule has 4 rings (SSSR count). The van der Waals surface area contributed by atoms with Crippen LogP contribution in [-0.4, -0.2) is 79.8 Å². The van der Waals surface area contributed by atoms with Crippen molar-refractivity contribution in [3.8, 4) is 5.75 Å². The van der Waals surface area contributed by atoms with Gasteiger partial charge < -0.3 is 41.9 Å². The fourth-order valence-corrected chi connectivity index (χ4v) is 6.05. The lowest BCUT2D eigenvalue weighted by Crippen LogP contribution is -2.66. The molecule has 1 aromatic rings. The minimum Gasteiger partial charge on any atom is -0.508 e. The smallest absolute Gasteiger partial charge is 0.238 e. The number of aromatic hydroxyl groups is 1. The van der Waals surface area contributed by atoms with Gasteiger partial charge in [-0.05, 0) is 38.8 Å². The van der Waals surface area contributed by atoms with Gasteiger partial charge >= 0.3 is 0 Å². The first-order valence-corrected chi connectivity index (χ1v) is 12.6. The monoisotopic (exact) mass is 543 g/mol. The molecular weight excluding hydrogens is 510 g/mol. The summed E-state index contributed by atoms with van der Waals surface area (Å²) in [7, 11) is 0. The molecule has 0 aliphatic heterocycles. The molecule has 3 aliphatic carbocycles. The zero-order valence-corrected chi connectivity index (χ0v) is 21.8. The van der Waals surface area contributed by atoms with Crippen molar-refractivity contribution in [2.75, 3.05) is 18.4 Å². The maximum Gasteiger partial charge on any atom is 0.238 e. The van der Waals surface area contributed by atoms with E-state index in [9.17, 15) is 44.7 Å². The number of phenolic OH excluding ortho intramolecular Hbond substituents is 1. The predicted molar refractivity (Wildman–Crippen MR) is 138 cm³/mol. The fraction of sp³-hybridized carbons (Fsp3) is 0.481. The van der Waals surface area contributed by atoms with Crippen molar-refractivity contribution >= 4 is 29.1 Å². The number of benzene rings is 1. The van der Waals surface area contributed by atoms with Gasteiger partial charge in [0.1, 0.15) is 5.76 Å². The molecule has 3 aliphatic rings. The average molecular weight is 544 g/mol. The number of anilines is 1. The number of allylic oxidation sites excluding steroid dienone is 1. The number of carbonyl (C=O) groups excluding carboxylic acids is 4. The van der Waals surface area contributed by atoms with E-state index in [2.05, 4.69) is 10.6 Å². The standard InChI is InChI=1S/C27H33N3O9/c1-11(2)6-7-29-10-17(33)30-15-5-4-13-18(22(15)35)23(36)19-20(26(13,3)25(28)38)21(34)14-8-12(31)9-16(32)27(14,39)24(19)37/h4-6,12,14,20-21,29,31,34-35,37,39H,7-10H2,1-3H3,(H2,28,38)(H,30,33). The molecule has 6 atom stereocenters. The molecule has 0 aromatic heterocycles. The number of aliphatic hydroxyl groups excluding tert-OH is 3. The Morgan fingerprint density at radius 1 is 1.18 bits per heavy atom. The molecule has 1 aromatic carbocycles. The van der Waals surface area contributed by atoms with E-state index in [4.69, 9.17) is 5.73 Å². The van der Waals surface area contributed by atoms with Gasteiger partial charge in [0.2, 0.25) is 11.8 Å². The second kappa shape index (κ2) is 9.87. The van der Waals surface area contributed by atoms with Crippen LogP contribution in [0, 0.1) is 11.8 Å². The Morgan fingerprint density at radius 3 is 2.46 bits per heavy atom. The quantitative estimate of drug-likeness (QED) is 0.133. The van der Waals surface area contributed by atoms with Crippen LogP contribution in [0.3, 0.4) is 0 Å². The van der Waals surface area contributed by atoms with Crippen molar-refractivity contribution in [3.05, 3.63) is 46.2 Å². The lowest BCUT2D eigenvalue weighted by Gasteiger charge is -2.53. The molecule has 9 N–H and O–H groups in total. The van der Waals surface area contributed by atoms with Crippen LogP contribution in [0.1, 0.15) is 49.5 Å². The van der Waals surface area contributed by atoms with Crippen molar-refractivity contribution in [2.45, 2.75) is 56.8 Å². The minimum absolute atomic E-state index is 0.0640. The molecule has 2 amide bonds. The number of hydrogen-bond donors (Lipinski definition) is 8. The number of nitrogens with two attached hydrogens (primary N) is 1. The van der Waals surface area contributed by atoms with Crippen molar-refractivity contribution in [2.24, 2.45) is 17.6 Å². The predicted octanol–water partition coefficient (Wildman–Crippen LogP) is -0.300. The van der Waals surface area contributed by atoms with Gasteiger partial charge in [-0.2, -0.15) is 0 Å². The Bertz CT molecular complexity index is 1330. The number of phenols is 1. The highest BCUT2D eigenvalue weighted by Crippen LogP contribution is 2.57. The maximum atomic E-state index is 13.8. The van der Waals surface area contributed by atoms with Crippen LogP contribution >= 0.6 is 0 Å². The lowest BCUT2D eigenvalue weighted by molar-refractivity contribution is -0.171. The zero-order valence-electron chi connectivity index (χ0n) is 21.8. The molecule has 1 saturated carbocycles. The highest BCUT2D eigenvalue weighted by atomic mass is 16.4. The number of primary amides is 1. The summed E-state index contributed by atoms with van der Waals surface area (Å²) in [6.45, 7) is 5.43. The highest BCUT2D eigenvalue weighted by molar-refractivity contribution is 6.18. The topological polar surface area (TPSA) is 220 Å². The van der Waals surface area contributed by atoms with Gasteiger partial charge in [-0.3, -0.25) is 19.2 Å². The molecule has 0 saturated heterocycles. The average Bonchev–Trinajstić information content (AvgIpc) is 2.85. The third-order valence-corrected chi connectivity index (χ3v) is 8.15. The lowest BCUT2D eigenvalue weighted by atomic mass is 9.51. The second-order valence-corrected chi connectivity index (χ2v) is 10.9. The maximum absolute atomic E-state index is 13.8. The number of rotatable bonds is 6. The summed E-state index contributed by atoms with van der Waals surface area (Å²) in [6.07, 6.45) is -1.90. The van der Waals surface area contributed by atoms with Crippen molar-refractivity contribution in [1.82, 2.24) is 5.32 Å². The van der Waals surface area contributed by atoms with Crippen LogP contribution in [-0.2, 0) is 19.8 Å². The molecule has 1 fully saturated rings. The number of hydrogen-bond acceptors (Lipinski definition) is 10. The van der Waals surface area contributed by atoms with Gasteiger partial charge in [-0.1, -0.05) is 17.7 Å². The van der Waals surface area contributed by atoms with Crippen molar-refractivity contribution in [1.29, 1.82) is 0 Å². The Labute approximate surface area is 224 Å². The summed E-state index contributed by atoms with van der Waals surface area (Å²) in [5.74, 6) is -8.30. The first-order valence-electron chi connectivity index (χ1n) is 12.6. The van der Waals surface area contributed by atoms with Gasteiger partial charge in [0.05, 0.1) is 35.4 Å². The number of nitrogens with one attached hydrogen (secondary N) is 2. The number of fused-ring (bicyclic) bond motifs is 3. The van der Waals surface area contributed by atoms with Crippen molar-refractivity contribution in [3.63, 3.8) is 0 Å². The molecule has 0 spiro atoms. The van der Waals surface area contributed by atoms with Gasteiger partial charge in [-0.15, -0.1) is 0 Å². The summed E-state index contributed by atoms with van der Waals surface area (Å²) in [4.78, 5) is 52.0. The van der Waals surface area contributed by atoms with Crippen molar-refractivity contribution < 1.29 is 44.7 Å². The van der Waals surface area contributed by atoms with Gasteiger partial charge in [-0.25, -0.2) is 0 Å². The van der Waals surface area contributed by atoms with Gasteiger partial charge in [0, 0.05) is 30.4 Å². The van der Waals surface area contributed by atoms with Gasteiger partial charge in [0.25, 0.3) is 0 Å². The van der Waals surface area contributed by atoms with E-state index < -0.39 is 87.5 Å². The number of carbonyl (C=O) groups is 4. The number of Topliss-reactive ketones (excluding diaryl/α,β-unsaturated/α-hetero) is 2. The molecule has 0 heterocycles. The Kier molecular flexibility index (Phi) is 7.19. The molecule has 12 heteroatoms. The van der Waals surface area contributed by atoms with Crippen LogP contribution in [0.4, 0.5) is 5.69 Å². The van der Waals surface area contributed by atoms with Crippen LogP contribution < -0.4 is 16.4 Å². The third-order valence-electron chi connectivity index (χ3n) is 8.15. The summed E-state index contributed by atoms with van der Waals surface area (Å²) >= 11 is 0. The normalized spacial score (nSPS) is 31.6. The second-order valence-electron chi connectivity index (χ2n) is 10.9. The van der Waals surface area contributed by atoms with E-state index in [1.807, 2.05) is 19.9 Å². The molecule has 0 bridgehead atoms. The number of ketones is 2. The summed E-state index contributed by atoms with van der Waals surface area (Å²) in [5, 5.41) is 60.4. The summed E-state index contributed by atoms with van der Waals surface area (Å²) in [5.41, 5.74) is 0.918.